The molecule has 1 rings (SSSR count). The maximum atomic E-state index is 12.0. The predicted octanol–water partition coefficient (Wildman–Crippen LogP) is 2.62. The summed E-state index contributed by atoms with van der Waals surface area (Å²) in [6.07, 6.45) is 0.109. The molecule has 5 nitrogen and oxygen atoms in total. The summed E-state index contributed by atoms with van der Waals surface area (Å²) in [4.78, 5) is 22.5. The molecule has 1 aromatic carbocycles. The van der Waals surface area contributed by atoms with E-state index in [-0.39, 0.29) is 11.8 Å². The van der Waals surface area contributed by atoms with Gasteiger partial charge >= 0.3 is 6.09 Å². The van der Waals surface area contributed by atoms with Crippen molar-refractivity contribution < 1.29 is 14.7 Å². The summed E-state index contributed by atoms with van der Waals surface area (Å²) >= 11 is 0. The first-order chi connectivity index (χ1) is 9.97. The second kappa shape index (κ2) is 9.00. The van der Waals surface area contributed by atoms with Crippen LogP contribution in [0, 0.1) is 11.8 Å². The molecule has 0 radical (unpaired) electrons. The number of hydrogen-bond acceptors (Lipinski definition) is 2. The summed E-state index contributed by atoms with van der Waals surface area (Å²) in [7, 11) is 0. The first-order valence-corrected chi connectivity index (χ1v) is 7.24. The first-order valence-electron chi connectivity index (χ1n) is 7.24. The number of carbonyl (C=O) groups excluding carboxylic acids is 1. The Balaban J connectivity index is 2.41. The number of rotatable bonds is 8. The zero-order valence-electron chi connectivity index (χ0n) is 12.6. The molecule has 0 saturated heterocycles. The van der Waals surface area contributed by atoms with Gasteiger partial charge in [-0.1, -0.05) is 44.2 Å². The average Bonchev–Trinajstić information content (AvgIpc) is 2.43. The Morgan fingerprint density at radius 3 is 2.38 bits per heavy atom. The quantitative estimate of drug-likeness (QED) is 0.689. The Morgan fingerprint density at radius 1 is 1.14 bits per heavy atom. The molecule has 0 bridgehead atoms. The van der Waals surface area contributed by atoms with Gasteiger partial charge in [-0.3, -0.25) is 4.79 Å². The first kappa shape index (κ1) is 17.0. The van der Waals surface area contributed by atoms with Crippen molar-refractivity contribution in [1.82, 2.24) is 10.6 Å². The third-order valence-electron chi connectivity index (χ3n) is 3.15. The van der Waals surface area contributed by atoms with Crippen LogP contribution < -0.4 is 10.6 Å². The van der Waals surface area contributed by atoms with Crippen LogP contribution in [0.1, 0.15) is 32.3 Å². The lowest BCUT2D eigenvalue weighted by Crippen LogP contribution is -2.32. The highest BCUT2D eigenvalue weighted by atomic mass is 16.4. The topological polar surface area (TPSA) is 78.4 Å². The van der Waals surface area contributed by atoms with Gasteiger partial charge in [0.1, 0.15) is 0 Å². The Morgan fingerprint density at radius 2 is 1.81 bits per heavy atom. The molecule has 1 aromatic rings. The van der Waals surface area contributed by atoms with Crippen LogP contribution in [0.2, 0.25) is 0 Å². The Labute approximate surface area is 125 Å². The van der Waals surface area contributed by atoms with E-state index < -0.39 is 6.09 Å². The van der Waals surface area contributed by atoms with E-state index in [1.54, 1.807) is 0 Å². The molecular formula is C16H24N2O3. The molecular weight excluding hydrogens is 268 g/mol. The van der Waals surface area contributed by atoms with Gasteiger partial charge in [0.05, 0.1) is 0 Å². The molecule has 0 saturated carbocycles. The van der Waals surface area contributed by atoms with Crippen molar-refractivity contribution in [1.29, 1.82) is 0 Å². The maximum Gasteiger partial charge on any atom is 0.404 e. The molecule has 5 heteroatoms. The molecule has 0 aliphatic rings. The minimum Gasteiger partial charge on any atom is -0.465 e. The summed E-state index contributed by atoms with van der Waals surface area (Å²) in [5, 5.41) is 13.9. The second-order valence-corrected chi connectivity index (χ2v) is 5.65. The molecule has 21 heavy (non-hydrogen) atoms. The van der Waals surface area contributed by atoms with Gasteiger partial charge in [0, 0.05) is 19.5 Å². The smallest absolute Gasteiger partial charge is 0.404 e. The van der Waals surface area contributed by atoms with Crippen LogP contribution in [-0.4, -0.2) is 23.7 Å². The van der Waals surface area contributed by atoms with Gasteiger partial charge in [0.2, 0.25) is 5.91 Å². The van der Waals surface area contributed by atoms with Crippen molar-refractivity contribution in [3.8, 4) is 0 Å². The zero-order valence-corrected chi connectivity index (χ0v) is 12.6. The molecule has 0 spiro atoms. The van der Waals surface area contributed by atoms with Gasteiger partial charge in [0.25, 0.3) is 0 Å². The van der Waals surface area contributed by atoms with Crippen LogP contribution in [0.3, 0.4) is 0 Å². The van der Waals surface area contributed by atoms with Crippen LogP contribution in [-0.2, 0) is 11.3 Å². The summed E-state index contributed by atoms with van der Waals surface area (Å²) in [6.45, 7) is 4.94. The third kappa shape index (κ3) is 7.97. The average molecular weight is 292 g/mol. The summed E-state index contributed by atoms with van der Waals surface area (Å²) in [5.41, 5.74) is 1.05. The molecule has 0 aliphatic heterocycles. The van der Waals surface area contributed by atoms with Crippen LogP contribution >= 0.6 is 0 Å². The van der Waals surface area contributed by atoms with Crippen LogP contribution in [0.4, 0.5) is 4.79 Å². The van der Waals surface area contributed by atoms with E-state index in [9.17, 15) is 9.59 Å². The van der Waals surface area contributed by atoms with Crippen molar-refractivity contribution in [2.75, 3.05) is 6.54 Å². The minimum absolute atomic E-state index is 0.0249. The minimum atomic E-state index is -1.05. The van der Waals surface area contributed by atoms with Crippen molar-refractivity contribution in [2.45, 2.75) is 33.2 Å². The number of carboxylic acid groups (broad SMARTS) is 1. The highest BCUT2D eigenvalue weighted by Crippen LogP contribution is 2.15. The number of hydrogen-bond donors (Lipinski definition) is 3. The fourth-order valence-electron chi connectivity index (χ4n) is 2.27. The van der Waals surface area contributed by atoms with Gasteiger partial charge in [-0.2, -0.15) is 0 Å². The van der Waals surface area contributed by atoms with Crippen LogP contribution in [0.5, 0.6) is 0 Å². The largest absolute Gasteiger partial charge is 0.465 e. The second-order valence-electron chi connectivity index (χ2n) is 5.65. The van der Waals surface area contributed by atoms with Gasteiger partial charge in [-0.15, -0.1) is 0 Å². The maximum absolute atomic E-state index is 12.0. The third-order valence-corrected chi connectivity index (χ3v) is 3.15. The highest BCUT2D eigenvalue weighted by Gasteiger charge is 2.16. The van der Waals surface area contributed by atoms with Crippen molar-refractivity contribution in [2.24, 2.45) is 11.8 Å². The number of nitrogens with one attached hydrogen (secondary N) is 2. The predicted molar refractivity (Wildman–Crippen MR) is 81.9 cm³/mol. The normalized spacial score (nSPS) is 12.0. The number of carbonyl (C=O) groups is 2. The Bertz CT molecular complexity index is 446. The monoisotopic (exact) mass is 292 g/mol. The van der Waals surface area contributed by atoms with E-state index in [1.807, 2.05) is 30.3 Å². The van der Waals surface area contributed by atoms with E-state index in [0.717, 1.165) is 12.0 Å². The zero-order chi connectivity index (χ0) is 15.7. The van der Waals surface area contributed by atoms with Crippen LogP contribution in [0.15, 0.2) is 30.3 Å². The number of benzene rings is 1. The summed E-state index contributed by atoms with van der Waals surface area (Å²) in [5.74, 6) is 0.404. The molecule has 0 aromatic heterocycles. The Hall–Kier alpha value is -2.04. The molecule has 0 heterocycles. The lowest BCUT2D eigenvalue weighted by molar-refractivity contribution is -0.122. The van der Waals surface area contributed by atoms with Crippen molar-refractivity contribution in [3.05, 3.63) is 35.9 Å². The fraction of sp³-hybridized carbons (Fsp3) is 0.500. The summed E-state index contributed by atoms with van der Waals surface area (Å²) < 4.78 is 0. The van der Waals surface area contributed by atoms with Crippen molar-refractivity contribution in [3.63, 3.8) is 0 Å². The molecule has 2 amide bonds. The van der Waals surface area contributed by atoms with Gasteiger partial charge < -0.3 is 15.7 Å². The standard InChI is InChI=1S/C16H24N2O3/c1-12(2)8-14(11-18-16(20)21)9-15(19)17-10-13-6-4-3-5-7-13/h3-7,12,14,18H,8-11H2,1-2H3,(H,17,19)(H,20,21). The van der Waals surface area contributed by atoms with E-state index in [4.69, 9.17) is 5.11 Å². The molecule has 3 N–H and O–H groups in total. The highest BCUT2D eigenvalue weighted by molar-refractivity contribution is 5.76. The molecule has 116 valence electrons. The van der Waals surface area contributed by atoms with Crippen molar-refractivity contribution >= 4 is 12.0 Å². The molecule has 1 atom stereocenters. The number of amides is 2. The van der Waals surface area contributed by atoms with E-state index >= 15 is 0 Å². The summed E-state index contributed by atoms with van der Waals surface area (Å²) in [6, 6.07) is 9.71. The molecule has 0 aliphatic carbocycles. The lowest BCUT2D eigenvalue weighted by Gasteiger charge is -2.18. The lowest BCUT2D eigenvalue weighted by atomic mass is 9.93. The molecule has 1 unspecified atom stereocenters. The Kier molecular flexibility index (Phi) is 7.29. The SMILES string of the molecule is CC(C)CC(CNC(=O)O)CC(=O)NCc1ccccc1. The van der Waals surface area contributed by atoms with Gasteiger partial charge in [0.15, 0.2) is 0 Å². The van der Waals surface area contributed by atoms with Crippen LogP contribution in [0.25, 0.3) is 0 Å². The van der Waals surface area contributed by atoms with Gasteiger partial charge in [-0.25, -0.2) is 4.79 Å². The van der Waals surface area contributed by atoms with E-state index in [0.29, 0.717) is 25.4 Å². The molecule has 0 fully saturated rings. The van der Waals surface area contributed by atoms with Gasteiger partial charge in [-0.05, 0) is 23.8 Å². The van der Waals surface area contributed by atoms with E-state index in [2.05, 4.69) is 24.5 Å². The van der Waals surface area contributed by atoms with E-state index in [1.165, 1.54) is 0 Å². The fourth-order valence-corrected chi connectivity index (χ4v) is 2.27.